The summed E-state index contributed by atoms with van der Waals surface area (Å²) in [4.78, 5) is 28.8. The van der Waals surface area contributed by atoms with Gasteiger partial charge in [-0.3, -0.25) is 9.59 Å². The average molecular weight is 279 g/mol. The minimum absolute atomic E-state index is 0.0588. The van der Waals surface area contributed by atoms with Crippen molar-refractivity contribution in [3.8, 4) is 0 Å². The molecule has 0 saturated heterocycles. The number of primary amides is 1. The summed E-state index contributed by atoms with van der Waals surface area (Å²) < 4.78 is 0. The van der Waals surface area contributed by atoms with Crippen LogP contribution in [0.5, 0.6) is 0 Å². The van der Waals surface area contributed by atoms with Crippen molar-refractivity contribution in [2.24, 2.45) is 5.73 Å². The van der Waals surface area contributed by atoms with Crippen LogP contribution in [0.3, 0.4) is 0 Å². The Bertz CT molecular complexity index is 502. The van der Waals surface area contributed by atoms with E-state index in [0.717, 1.165) is 0 Å². The zero-order valence-electron chi connectivity index (χ0n) is 12.0. The molecule has 0 fully saturated rings. The van der Waals surface area contributed by atoms with Gasteiger partial charge in [0.15, 0.2) is 5.82 Å². The molecule has 5 N–H and O–H groups in total. The molecule has 0 aromatic carbocycles. The fourth-order valence-electron chi connectivity index (χ4n) is 1.73. The van der Waals surface area contributed by atoms with E-state index in [9.17, 15) is 9.59 Å². The lowest BCUT2D eigenvalue weighted by atomic mass is 10.3. The first kappa shape index (κ1) is 15.7. The number of carbonyl (C=O) groups is 2. The first-order valence-electron chi connectivity index (χ1n) is 6.45. The summed E-state index contributed by atoms with van der Waals surface area (Å²) in [5, 5.41) is 2.79. The van der Waals surface area contributed by atoms with Crippen molar-refractivity contribution in [3.05, 3.63) is 17.8 Å². The molecule has 2 amide bonds. The number of nitrogens with two attached hydrogens (primary N) is 2. The van der Waals surface area contributed by atoms with Crippen molar-refractivity contribution in [1.82, 2.24) is 10.3 Å². The van der Waals surface area contributed by atoms with Gasteiger partial charge in [-0.2, -0.15) is 0 Å². The van der Waals surface area contributed by atoms with E-state index in [1.54, 1.807) is 11.0 Å². The van der Waals surface area contributed by atoms with Gasteiger partial charge in [-0.05, 0) is 32.9 Å². The molecule has 7 nitrogen and oxygen atoms in total. The molecule has 0 aliphatic carbocycles. The van der Waals surface area contributed by atoms with Gasteiger partial charge in [-0.1, -0.05) is 0 Å². The Morgan fingerprint density at radius 1 is 1.40 bits per heavy atom. The van der Waals surface area contributed by atoms with Gasteiger partial charge in [0.05, 0.1) is 12.2 Å². The normalized spacial score (nSPS) is 10.4. The largest absolute Gasteiger partial charge is 0.396 e. The Morgan fingerprint density at radius 3 is 2.55 bits per heavy atom. The van der Waals surface area contributed by atoms with Crippen LogP contribution in [0.25, 0.3) is 0 Å². The second-order valence-corrected chi connectivity index (χ2v) is 4.71. The fraction of sp³-hybridized carbons (Fsp3) is 0.462. The number of nitrogens with one attached hydrogen (secondary N) is 1. The van der Waals surface area contributed by atoms with Gasteiger partial charge in [-0.15, -0.1) is 0 Å². The van der Waals surface area contributed by atoms with Crippen LogP contribution in [0.4, 0.5) is 11.5 Å². The zero-order valence-corrected chi connectivity index (χ0v) is 12.0. The van der Waals surface area contributed by atoms with Gasteiger partial charge in [0, 0.05) is 12.6 Å². The number of pyridine rings is 1. The molecule has 0 atom stereocenters. The number of hydrogen-bond donors (Lipinski definition) is 3. The SMILES string of the molecule is CCN(CC(=O)NC(C)C)c1nc(C(N)=O)ccc1N. The molecular formula is C13H21N5O2. The lowest BCUT2D eigenvalue weighted by Crippen LogP contribution is -2.40. The molecular weight excluding hydrogens is 258 g/mol. The molecule has 1 heterocycles. The van der Waals surface area contributed by atoms with Crippen molar-refractivity contribution < 1.29 is 9.59 Å². The van der Waals surface area contributed by atoms with Gasteiger partial charge >= 0.3 is 0 Å². The zero-order chi connectivity index (χ0) is 15.3. The smallest absolute Gasteiger partial charge is 0.267 e. The van der Waals surface area contributed by atoms with Crippen molar-refractivity contribution in [2.45, 2.75) is 26.8 Å². The molecule has 110 valence electrons. The van der Waals surface area contributed by atoms with E-state index in [1.807, 2.05) is 20.8 Å². The number of rotatable bonds is 6. The number of nitrogen functional groups attached to an aromatic ring is 1. The van der Waals surface area contributed by atoms with E-state index in [0.29, 0.717) is 18.1 Å². The topological polar surface area (TPSA) is 114 Å². The highest BCUT2D eigenvalue weighted by molar-refractivity contribution is 5.92. The predicted molar refractivity (Wildman–Crippen MR) is 78.3 cm³/mol. The third kappa shape index (κ3) is 4.11. The third-order valence-corrected chi connectivity index (χ3v) is 2.62. The van der Waals surface area contributed by atoms with Crippen molar-refractivity contribution in [3.63, 3.8) is 0 Å². The summed E-state index contributed by atoms with van der Waals surface area (Å²) in [7, 11) is 0. The summed E-state index contributed by atoms with van der Waals surface area (Å²) >= 11 is 0. The van der Waals surface area contributed by atoms with E-state index >= 15 is 0 Å². The van der Waals surface area contributed by atoms with Gasteiger partial charge in [0.1, 0.15) is 5.69 Å². The number of amides is 2. The van der Waals surface area contributed by atoms with E-state index in [2.05, 4.69) is 10.3 Å². The van der Waals surface area contributed by atoms with Crippen LogP contribution in [0, 0.1) is 0 Å². The minimum Gasteiger partial charge on any atom is -0.396 e. The van der Waals surface area contributed by atoms with Crippen LogP contribution in [-0.2, 0) is 4.79 Å². The maximum atomic E-state index is 11.8. The Morgan fingerprint density at radius 2 is 2.05 bits per heavy atom. The van der Waals surface area contributed by atoms with Crippen LogP contribution in [0.2, 0.25) is 0 Å². The minimum atomic E-state index is -0.631. The standard InChI is InChI=1S/C13H21N5O2/c1-4-18(7-11(19)16-8(2)3)13-9(14)5-6-10(17-13)12(15)20/h5-6,8H,4,7,14H2,1-3H3,(H2,15,20)(H,16,19). The van der Waals surface area contributed by atoms with Crippen molar-refractivity contribution >= 4 is 23.3 Å². The molecule has 0 spiro atoms. The summed E-state index contributed by atoms with van der Waals surface area (Å²) in [6.07, 6.45) is 0. The number of likely N-dealkylation sites (N-methyl/N-ethyl adjacent to an activating group) is 1. The second kappa shape index (κ2) is 6.74. The second-order valence-electron chi connectivity index (χ2n) is 4.71. The van der Waals surface area contributed by atoms with Gasteiger partial charge < -0.3 is 21.7 Å². The molecule has 20 heavy (non-hydrogen) atoms. The Kier molecular flexibility index (Phi) is 5.31. The van der Waals surface area contributed by atoms with Crippen molar-refractivity contribution in [1.29, 1.82) is 0 Å². The molecule has 7 heteroatoms. The number of aromatic nitrogens is 1. The number of nitrogens with zero attached hydrogens (tertiary/aromatic N) is 2. The Balaban J connectivity index is 2.97. The lowest BCUT2D eigenvalue weighted by molar-refractivity contribution is -0.120. The quantitative estimate of drug-likeness (QED) is 0.684. The summed E-state index contributed by atoms with van der Waals surface area (Å²) in [5.41, 5.74) is 11.6. The van der Waals surface area contributed by atoms with Gasteiger partial charge in [0.2, 0.25) is 5.91 Å². The molecule has 1 aromatic rings. The molecule has 0 aliphatic heterocycles. The highest BCUT2D eigenvalue weighted by Gasteiger charge is 2.16. The molecule has 0 saturated carbocycles. The van der Waals surface area contributed by atoms with E-state index < -0.39 is 5.91 Å². The maximum Gasteiger partial charge on any atom is 0.267 e. The molecule has 0 aliphatic rings. The Hall–Kier alpha value is -2.31. The van der Waals surface area contributed by atoms with E-state index in [4.69, 9.17) is 11.5 Å². The van der Waals surface area contributed by atoms with Crippen LogP contribution < -0.4 is 21.7 Å². The maximum absolute atomic E-state index is 11.8. The van der Waals surface area contributed by atoms with Crippen LogP contribution in [-0.4, -0.2) is 35.9 Å². The molecule has 1 aromatic heterocycles. The van der Waals surface area contributed by atoms with Crippen molar-refractivity contribution in [2.75, 3.05) is 23.7 Å². The number of carbonyl (C=O) groups excluding carboxylic acids is 2. The number of anilines is 2. The monoisotopic (exact) mass is 279 g/mol. The Labute approximate surface area is 118 Å². The molecule has 0 unspecified atom stereocenters. The van der Waals surface area contributed by atoms with Gasteiger partial charge in [0.25, 0.3) is 5.91 Å². The summed E-state index contributed by atoms with van der Waals surface area (Å²) in [6.45, 7) is 6.29. The third-order valence-electron chi connectivity index (χ3n) is 2.62. The predicted octanol–water partition coefficient (Wildman–Crippen LogP) is 0.114. The number of hydrogen-bond acceptors (Lipinski definition) is 5. The highest BCUT2D eigenvalue weighted by atomic mass is 16.2. The lowest BCUT2D eigenvalue weighted by Gasteiger charge is -2.23. The van der Waals surface area contributed by atoms with Gasteiger partial charge in [-0.25, -0.2) is 4.98 Å². The van der Waals surface area contributed by atoms with Crippen LogP contribution >= 0.6 is 0 Å². The summed E-state index contributed by atoms with van der Waals surface area (Å²) in [6, 6.07) is 3.08. The van der Waals surface area contributed by atoms with E-state index in [-0.39, 0.29) is 24.2 Å². The first-order chi connectivity index (χ1) is 9.35. The highest BCUT2D eigenvalue weighted by Crippen LogP contribution is 2.20. The molecule has 0 radical (unpaired) electrons. The summed E-state index contributed by atoms with van der Waals surface area (Å²) in [5.74, 6) is -0.371. The fourth-order valence-corrected chi connectivity index (χ4v) is 1.73. The first-order valence-corrected chi connectivity index (χ1v) is 6.45. The van der Waals surface area contributed by atoms with E-state index in [1.165, 1.54) is 6.07 Å². The molecule has 1 rings (SSSR count). The average Bonchev–Trinajstić information content (AvgIpc) is 2.35. The molecule has 0 bridgehead atoms. The van der Waals surface area contributed by atoms with Crippen LogP contribution in [0.1, 0.15) is 31.3 Å². The van der Waals surface area contributed by atoms with Crippen LogP contribution in [0.15, 0.2) is 12.1 Å².